The van der Waals surface area contributed by atoms with Crippen LogP contribution in [0.2, 0.25) is 0 Å². The van der Waals surface area contributed by atoms with Gasteiger partial charge in [0.1, 0.15) is 23.1 Å². The van der Waals surface area contributed by atoms with Crippen molar-refractivity contribution >= 4 is 11.6 Å². The zero-order chi connectivity index (χ0) is 21.6. The van der Waals surface area contributed by atoms with Crippen LogP contribution in [0.1, 0.15) is 42.4 Å². The Bertz CT molecular complexity index is 1030. The van der Waals surface area contributed by atoms with Crippen LogP contribution in [0.3, 0.4) is 0 Å². The van der Waals surface area contributed by atoms with Crippen molar-refractivity contribution in [1.29, 1.82) is 0 Å². The molecule has 0 saturated heterocycles. The number of aromatic nitrogens is 3. The van der Waals surface area contributed by atoms with Gasteiger partial charge in [0.05, 0.1) is 13.7 Å². The molecule has 162 valence electrons. The van der Waals surface area contributed by atoms with Gasteiger partial charge in [-0.05, 0) is 61.7 Å². The molecule has 7 nitrogen and oxygen atoms in total. The largest absolute Gasteiger partial charge is 0.497 e. The van der Waals surface area contributed by atoms with Crippen molar-refractivity contribution in [1.82, 2.24) is 14.8 Å². The number of hydrogen-bond acceptors (Lipinski definition) is 5. The summed E-state index contributed by atoms with van der Waals surface area (Å²) in [4.78, 5) is 12.4. The third kappa shape index (κ3) is 5.23. The summed E-state index contributed by atoms with van der Waals surface area (Å²) in [5.74, 6) is 3.98. The van der Waals surface area contributed by atoms with Gasteiger partial charge in [0, 0.05) is 31.0 Å². The highest BCUT2D eigenvalue weighted by molar-refractivity contribution is 5.90. The van der Waals surface area contributed by atoms with Gasteiger partial charge in [-0.1, -0.05) is 12.1 Å². The molecular weight excluding hydrogens is 392 g/mol. The van der Waals surface area contributed by atoms with E-state index < -0.39 is 0 Å². The summed E-state index contributed by atoms with van der Waals surface area (Å²) in [6.07, 6.45) is 3.03. The van der Waals surface area contributed by atoms with Crippen molar-refractivity contribution in [3.8, 4) is 11.5 Å². The first-order chi connectivity index (χ1) is 15.1. The number of rotatable bonds is 8. The fourth-order valence-corrected chi connectivity index (χ4v) is 3.92. The summed E-state index contributed by atoms with van der Waals surface area (Å²) in [6, 6.07) is 15.6. The van der Waals surface area contributed by atoms with E-state index in [1.165, 1.54) is 5.56 Å². The van der Waals surface area contributed by atoms with Gasteiger partial charge in [-0.3, -0.25) is 4.79 Å². The lowest BCUT2D eigenvalue weighted by molar-refractivity contribution is -0.116. The number of benzene rings is 2. The minimum Gasteiger partial charge on any atom is -0.497 e. The Morgan fingerprint density at radius 2 is 1.97 bits per heavy atom. The van der Waals surface area contributed by atoms with E-state index >= 15 is 0 Å². The topological polar surface area (TPSA) is 78.3 Å². The number of nitrogens with zero attached hydrogens (tertiary/aromatic N) is 3. The second-order valence-electron chi connectivity index (χ2n) is 7.81. The maximum Gasteiger partial charge on any atom is 0.224 e. The van der Waals surface area contributed by atoms with Gasteiger partial charge in [0.25, 0.3) is 0 Å². The van der Waals surface area contributed by atoms with Gasteiger partial charge < -0.3 is 19.4 Å². The number of ether oxygens (including phenoxy) is 2. The Morgan fingerprint density at radius 1 is 1.16 bits per heavy atom. The number of anilines is 1. The average Bonchev–Trinajstić information content (AvgIpc) is 3.17. The second-order valence-corrected chi connectivity index (χ2v) is 7.81. The van der Waals surface area contributed by atoms with Crippen LogP contribution in [0.15, 0.2) is 48.5 Å². The predicted octanol–water partition coefficient (Wildman–Crippen LogP) is 4.12. The monoisotopic (exact) mass is 420 g/mol. The lowest BCUT2D eigenvalue weighted by Crippen LogP contribution is -2.20. The summed E-state index contributed by atoms with van der Waals surface area (Å²) >= 11 is 0. The molecule has 2 heterocycles. The first kappa shape index (κ1) is 20.9. The van der Waals surface area contributed by atoms with E-state index in [-0.39, 0.29) is 5.91 Å². The van der Waals surface area contributed by atoms with Gasteiger partial charge in [-0.25, -0.2) is 0 Å². The molecule has 3 aromatic rings. The fraction of sp³-hybridized carbons (Fsp3) is 0.375. The third-order valence-electron chi connectivity index (χ3n) is 5.65. The molecule has 1 aliphatic heterocycles. The number of nitrogens with one attached hydrogen (secondary N) is 1. The van der Waals surface area contributed by atoms with Crippen LogP contribution in [0, 0.1) is 6.92 Å². The quantitative estimate of drug-likeness (QED) is 0.555. The fourth-order valence-electron chi connectivity index (χ4n) is 3.92. The molecule has 4 rings (SSSR count). The molecule has 0 saturated carbocycles. The summed E-state index contributed by atoms with van der Waals surface area (Å²) in [5, 5.41) is 11.4. The van der Waals surface area contributed by atoms with Crippen molar-refractivity contribution in [2.45, 2.75) is 45.1 Å². The molecule has 0 radical (unpaired) electrons. The van der Waals surface area contributed by atoms with Crippen LogP contribution in [0.25, 0.3) is 0 Å². The van der Waals surface area contributed by atoms with Crippen molar-refractivity contribution in [2.75, 3.05) is 19.0 Å². The first-order valence-corrected chi connectivity index (χ1v) is 10.7. The van der Waals surface area contributed by atoms with Crippen LogP contribution >= 0.6 is 0 Å². The Morgan fingerprint density at radius 3 is 2.77 bits per heavy atom. The maximum absolute atomic E-state index is 12.4. The van der Waals surface area contributed by atoms with Crippen molar-refractivity contribution < 1.29 is 14.3 Å². The van der Waals surface area contributed by atoms with Gasteiger partial charge in [0.2, 0.25) is 5.91 Å². The average molecular weight is 421 g/mol. The molecule has 0 spiro atoms. The maximum atomic E-state index is 12.4. The Kier molecular flexibility index (Phi) is 6.50. The van der Waals surface area contributed by atoms with Crippen LogP contribution in [-0.4, -0.2) is 34.4 Å². The SMILES string of the molecule is COc1ccc(OCCCC(=O)Nc2cccc([C@@H]3CCc4nnc(C)n4C3)c2)cc1. The van der Waals surface area contributed by atoms with E-state index in [1.807, 2.05) is 43.3 Å². The molecule has 0 fully saturated rings. The predicted molar refractivity (Wildman–Crippen MR) is 119 cm³/mol. The highest BCUT2D eigenvalue weighted by Crippen LogP contribution is 2.30. The van der Waals surface area contributed by atoms with E-state index in [0.717, 1.165) is 48.2 Å². The molecular formula is C24H28N4O3. The third-order valence-corrected chi connectivity index (χ3v) is 5.65. The smallest absolute Gasteiger partial charge is 0.224 e. The van der Waals surface area contributed by atoms with E-state index in [0.29, 0.717) is 25.4 Å². The zero-order valence-corrected chi connectivity index (χ0v) is 18.0. The van der Waals surface area contributed by atoms with Crippen molar-refractivity contribution in [3.63, 3.8) is 0 Å². The summed E-state index contributed by atoms with van der Waals surface area (Å²) in [7, 11) is 1.63. The van der Waals surface area contributed by atoms with Gasteiger partial charge >= 0.3 is 0 Å². The minimum atomic E-state index is -0.00364. The molecule has 2 aromatic carbocycles. The van der Waals surface area contributed by atoms with Crippen LogP contribution < -0.4 is 14.8 Å². The lowest BCUT2D eigenvalue weighted by Gasteiger charge is -2.24. The van der Waals surface area contributed by atoms with E-state index in [2.05, 4.69) is 32.2 Å². The lowest BCUT2D eigenvalue weighted by atomic mass is 9.91. The molecule has 7 heteroatoms. The standard InChI is InChI=1S/C24H28N4O3/c1-17-26-27-23-13-8-19(16-28(17)23)18-5-3-6-20(15-18)25-24(29)7-4-14-31-22-11-9-21(30-2)10-12-22/h3,5-6,9-12,15,19H,4,7-8,13-14,16H2,1-2H3,(H,25,29)/t19-/m1/s1. The number of methoxy groups -OCH3 is 1. The Balaban J connectivity index is 1.25. The number of amides is 1. The number of fused-ring (bicyclic) bond motifs is 1. The normalized spacial score (nSPS) is 15.2. The van der Waals surface area contributed by atoms with Gasteiger partial charge in [0.15, 0.2) is 0 Å². The number of carbonyl (C=O) groups excluding carboxylic acids is 1. The molecule has 1 aliphatic rings. The number of aryl methyl sites for hydroxylation is 2. The van der Waals surface area contributed by atoms with Crippen LogP contribution in [-0.2, 0) is 17.8 Å². The number of carbonyl (C=O) groups is 1. The van der Waals surface area contributed by atoms with Crippen molar-refractivity contribution in [3.05, 3.63) is 65.7 Å². The molecule has 0 unspecified atom stereocenters. The van der Waals surface area contributed by atoms with E-state index in [9.17, 15) is 4.79 Å². The van der Waals surface area contributed by atoms with Gasteiger partial charge in [-0.15, -0.1) is 10.2 Å². The summed E-state index contributed by atoms with van der Waals surface area (Å²) < 4.78 is 13.0. The molecule has 1 N–H and O–H groups in total. The molecule has 1 aromatic heterocycles. The van der Waals surface area contributed by atoms with Crippen LogP contribution in [0.5, 0.6) is 11.5 Å². The second kappa shape index (κ2) is 9.64. The van der Waals surface area contributed by atoms with Crippen molar-refractivity contribution in [2.24, 2.45) is 0 Å². The summed E-state index contributed by atoms with van der Waals surface area (Å²) in [5.41, 5.74) is 2.07. The van der Waals surface area contributed by atoms with Crippen LogP contribution in [0.4, 0.5) is 5.69 Å². The molecule has 0 aliphatic carbocycles. The van der Waals surface area contributed by atoms with E-state index in [1.54, 1.807) is 7.11 Å². The minimum absolute atomic E-state index is 0.00364. The number of hydrogen-bond donors (Lipinski definition) is 1. The Labute approximate surface area is 182 Å². The highest BCUT2D eigenvalue weighted by atomic mass is 16.5. The molecule has 31 heavy (non-hydrogen) atoms. The van der Waals surface area contributed by atoms with Gasteiger partial charge in [-0.2, -0.15) is 0 Å². The highest BCUT2D eigenvalue weighted by Gasteiger charge is 2.23. The van der Waals surface area contributed by atoms with E-state index in [4.69, 9.17) is 9.47 Å². The molecule has 1 atom stereocenters. The molecule has 1 amide bonds. The molecule has 0 bridgehead atoms. The first-order valence-electron chi connectivity index (χ1n) is 10.7. The Hall–Kier alpha value is -3.35. The zero-order valence-electron chi connectivity index (χ0n) is 18.0. The summed E-state index contributed by atoms with van der Waals surface area (Å²) in [6.45, 7) is 3.37.